The van der Waals surface area contributed by atoms with Crippen LogP contribution in [0.25, 0.3) is 0 Å². The zero-order valence-electron chi connectivity index (χ0n) is 18.9. The molecule has 2 aromatic carbocycles. The monoisotopic (exact) mass is 644 g/mol. The largest absolute Gasteiger partial charge is 0.489 e. The number of halogens is 6. The Morgan fingerprint density at radius 1 is 1.11 bits per heavy atom. The molecule has 6 nitrogen and oxygen atoms in total. The van der Waals surface area contributed by atoms with Crippen LogP contribution in [0.3, 0.4) is 0 Å². The van der Waals surface area contributed by atoms with Crippen LogP contribution in [0.4, 0.5) is 18.9 Å². The first-order valence-corrected chi connectivity index (χ1v) is 11.8. The second-order valence-corrected chi connectivity index (χ2v) is 10.1. The van der Waals surface area contributed by atoms with E-state index in [1.165, 1.54) is 25.3 Å². The van der Waals surface area contributed by atoms with Crippen molar-refractivity contribution in [1.82, 2.24) is 5.32 Å². The van der Waals surface area contributed by atoms with E-state index in [0.717, 1.165) is 12.1 Å². The number of alkyl halides is 3. The first-order chi connectivity index (χ1) is 16.2. The summed E-state index contributed by atoms with van der Waals surface area (Å²) in [6.07, 6.45) is -3.57. The topological polar surface area (TPSA) is 76.7 Å². The standard InChI is InChI=1S/C23H22Cl2F3IN2O4/c1-22(2,12-34-3)31-21(33)19-14(5-4-6-16(19)29)20(32)30-13-7-8-17(35-10-9-18(24)25)15(11-13)23(26,27)28/h4-9,11H,10,12H2,1-3H3,(H,30,32)(H,31,33). The molecule has 190 valence electrons. The number of hydrogen-bond acceptors (Lipinski definition) is 4. The van der Waals surface area contributed by atoms with Crippen LogP contribution in [-0.2, 0) is 10.9 Å². The Balaban J connectivity index is 2.35. The van der Waals surface area contributed by atoms with Crippen LogP contribution >= 0.6 is 45.8 Å². The minimum atomic E-state index is -4.76. The smallest absolute Gasteiger partial charge is 0.420 e. The molecule has 0 radical (unpaired) electrons. The molecule has 0 saturated carbocycles. The van der Waals surface area contributed by atoms with Crippen molar-refractivity contribution in [2.75, 3.05) is 25.6 Å². The fourth-order valence-electron chi connectivity index (χ4n) is 3.06. The molecule has 0 saturated heterocycles. The molecule has 35 heavy (non-hydrogen) atoms. The summed E-state index contributed by atoms with van der Waals surface area (Å²) in [5.74, 6) is -1.74. The third-order valence-electron chi connectivity index (χ3n) is 4.46. The lowest BCUT2D eigenvalue weighted by atomic mass is 10.0. The Kier molecular flexibility index (Phi) is 10.3. The molecular formula is C23H22Cl2F3IN2O4. The first-order valence-electron chi connectivity index (χ1n) is 10.0. The summed E-state index contributed by atoms with van der Waals surface area (Å²) in [5.41, 5.74) is -1.87. The molecule has 0 heterocycles. The summed E-state index contributed by atoms with van der Waals surface area (Å²) in [6.45, 7) is 3.45. The van der Waals surface area contributed by atoms with Gasteiger partial charge in [-0.15, -0.1) is 0 Å². The van der Waals surface area contributed by atoms with E-state index >= 15 is 0 Å². The second-order valence-electron chi connectivity index (χ2n) is 7.90. The van der Waals surface area contributed by atoms with Gasteiger partial charge < -0.3 is 20.1 Å². The normalized spacial score (nSPS) is 11.6. The van der Waals surface area contributed by atoms with Crippen LogP contribution in [0.15, 0.2) is 47.0 Å². The van der Waals surface area contributed by atoms with Crippen molar-refractivity contribution < 1.29 is 32.2 Å². The van der Waals surface area contributed by atoms with Gasteiger partial charge in [-0.25, -0.2) is 0 Å². The van der Waals surface area contributed by atoms with E-state index in [2.05, 4.69) is 10.6 Å². The lowest BCUT2D eigenvalue weighted by Crippen LogP contribution is -2.47. The van der Waals surface area contributed by atoms with E-state index in [1.54, 1.807) is 26.0 Å². The van der Waals surface area contributed by atoms with Gasteiger partial charge in [0.15, 0.2) is 0 Å². The molecular weight excluding hydrogens is 623 g/mol. The molecule has 2 aromatic rings. The summed E-state index contributed by atoms with van der Waals surface area (Å²) in [4.78, 5) is 26.0. The van der Waals surface area contributed by atoms with E-state index in [0.29, 0.717) is 3.57 Å². The average molecular weight is 645 g/mol. The Morgan fingerprint density at radius 3 is 2.40 bits per heavy atom. The minimum absolute atomic E-state index is 0.00149. The first kappa shape index (κ1) is 29.2. The molecule has 0 aliphatic carbocycles. The van der Waals surface area contributed by atoms with Gasteiger partial charge in [-0.2, -0.15) is 13.2 Å². The number of ether oxygens (including phenoxy) is 2. The zero-order valence-corrected chi connectivity index (χ0v) is 22.5. The highest BCUT2D eigenvalue weighted by molar-refractivity contribution is 14.1. The van der Waals surface area contributed by atoms with Gasteiger partial charge in [0, 0.05) is 16.4 Å². The highest BCUT2D eigenvalue weighted by Crippen LogP contribution is 2.38. The maximum Gasteiger partial charge on any atom is 0.420 e. The Bertz CT molecular complexity index is 1120. The zero-order chi connectivity index (χ0) is 26.4. The maximum absolute atomic E-state index is 13.6. The van der Waals surface area contributed by atoms with E-state index in [4.69, 9.17) is 32.7 Å². The van der Waals surface area contributed by atoms with Crippen LogP contribution in [0.1, 0.15) is 40.1 Å². The van der Waals surface area contributed by atoms with Gasteiger partial charge in [0.25, 0.3) is 11.8 Å². The summed E-state index contributed by atoms with van der Waals surface area (Å²) in [6, 6.07) is 7.70. The third kappa shape index (κ3) is 8.55. The highest BCUT2D eigenvalue weighted by atomic mass is 127. The SMILES string of the molecule is COCC(C)(C)NC(=O)c1c(I)cccc1C(=O)Nc1ccc(OCC=C(Cl)Cl)c(C(F)(F)F)c1. The fraction of sp³-hybridized carbons (Fsp3) is 0.304. The Morgan fingerprint density at radius 2 is 1.80 bits per heavy atom. The van der Waals surface area contributed by atoms with Crippen molar-refractivity contribution in [1.29, 1.82) is 0 Å². The molecule has 2 amide bonds. The quantitative estimate of drug-likeness (QED) is 0.309. The summed E-state index contributed by atoms with van der Waals surface area (Å²) < 4.78 is 51.3. The number of benzene rings is 2. The van der Waals surface area contributed by atoms with E-state index in [1.807, 2.05) is 22.6 Å². The second kappa shape index (κ2) is 12.3. The molecule has 0 atom stereocenters. The van der Waals surface area contributed by atoms with Crippen LogP contribution in [-0.4, -0.2) is 37.7 Å². The van der Waals surface area contributed by atoms with Crippen molar-refractivity contribution >= 4 is 63.3 Å². The van der Waals surface area contributed by atoms with Crippen LogP contribution in [0, 0.1) is 3.57 Å². The van der Waals surface area contributed by atoms with E-state index in [-0.39, 0.29) is 34.5 Å². The summed E-state index contributed by atoms with van der Waals surface area (Å²) >= 11 is 12.8. The van der Waals surface area contributed by atoms with Gasteiger partial charge in [-0.3, -0.25) is 9.59 Å². The molecule has 0 bridgehead atoms. The number of amides is 2. The molecule has 0 unspecified atom stereocenters. The molecule has 0 aromatic heterocycles. The average Bonchev–Trinajstić information content (AvgIpc) is 2.72. The number of carbonyl (C=O) groups is 2. The van der Waals surface area contributed by atoms with Crippen molar-refractivity contribution in [2.24, 2.45) is 0 Å². The van der Waals surface area contributed by atoms with Crippen LogP contribution in [0.2, 0.25) is 0 Å². The van der Waals surface area contributed by atoms with Crippen molar-refractivity contribution in [2.45, 2.75) is 25.6 Å². The molecule has 0 spiro atoms. The Hall–Kier alpha value is -2.02. The van der Waals surface area contributed by atoms with Crippen molar-refractivity contribution in [3.63, 3.8) is 0 Å². The van der Waals surface area contributed by atoms with Gasteiger partial charge in [0.1, 0.15) is 16.8 Å². The van der Waals surface area contributed by atoms with Gasteiger partial charge in [-0.1, -0.05) is 29.3 Å². The number of carbonyl (C=O) groups excluding carboxylic acids is 2. The van der Waals surface area contributed by atoms with Gasteiger partial charge in [-0.05, 0) is 72.8 Å². The maximum atomic E-state index is 13.6. The molecule has 2 rings (SSSR count). The number of anilines is 1. The van der Waals surface area contributed by atoms with Gasteiger partial charge in [0.2, 0.25) is 0 Å². The fourth-order valence-corrected chi connectivity index (χ4v) is 3.93. The number of methoxy groups -OCH3 is 1. The number of nitrogens with one attached hydrogen (secondary N) is 2. The van der Waals surface area contributed by atoms with Crippen molar-refractivity contribution in [3.05, 3.63) is 67.2 Å². The van der Waals surface area contributed by atoms with Crippen LogP contribution in [0.5, 0.6) is 5.75 Å². The van der Waals surface area contributed by atoms with Crippen molar-refractivity contribution in [3.8, 4) is 5.75 Å². The van der Waals surface area contributed by atoms with Gasteiger partial charge >= 0.3 is 6.18 Å². The summed E-state index contributed by atoms with van der Waals surface area (Å²) in [5, 5.41) is 5.23. The number of hydrogen-bond donors (Lipinski definition) is 2. The lowest BCUT2D eigenvalue weighted by molar-refractivity contribution is -0.138. The molecule has 0 aliphatic rings. The minimum Gasteiger partial charge on any atom is -0.489 e. The highest BCUT2D eigenvalue weighted by Gasteiger charge is 2.35. The van der Waals surface area contributed by atoms with Crippen LogP contribution < -0.4 is 15.4 Å². The molecule has 0 aliphatic heterocycles. The summed E-state index contributed by atoms with van der Waals surface area (Å²) in [7, 11) is 1.49. The van der Waals surface area contributed by atoms with Gasteiger partial charge in [0.05, 0.1) is 28.8 Å². The third-order valence-corrected chi connectivity index (χ3v) is 5.67. The molecule has 2 N–H and O–H groups in total. The molecule has 12 heteroatoms. The molecule has 0 fully saturated rings. The van der Waals surface area contributed by atoms with E-state index < -0.39 is 34.8 Å². The lowest BCUT2D eigenvalue weighted by Gasteiger charge is -2.26. The predicted octanol–water partition coefficient (Wildman–Crippen LogP) is 6.41. The predicted molar refractivity (Wildman–Crippen MR) is 137 cm³/mol. The Labute approximate surface area is 224 Å². The number of rotatable bonds is 9. The van der Waals surface area contributed by atoms with E-state index in [9.17, 15) is 22.8 Å².